The second-order valence-corrected chi connectivity index (χ2v) is 5.00. The van der Waals surface area contributed by atoms with Crippen molar-refractivity contribution in [2.75, 3.05) is 13.2 Å². The summed E-state index contributed by atoms with van der Waals surface area (Å²) in [5.41, 5.74) is -1.74. The van der Waals surface area contributed by atoms with Gasteiger partial charge in [0.05, 0.1) is 0 Å². The molecular weight excluding hydrogens is 250 g/mol. The number of H-pyrrole nitrogens is 2. The average molecular weight is 263 g/mol. The molecule has 0 unspecified atom stereocenters. The van der Waals surface area contributed by atoms with Crippen LogP contribution in [0.5, 0.6) is 0 Å². The number of aliphatic hydroxyl groups is 1. The molecule has 0 aliphatic heterocycles. The highest BCUT2D eigenvalue weighted by Gasteiger charge is 2.17. The SMILES string of the molecule is O=c1[nH]cc(S(=O)(=O)NCCCCO)c(=O)[nH]1. The smallest absolute Gasteiger partial charge is 0.325 e. The lowest BCUT2D eigenvalue weighted by Crippen LogP contribution is -2.33. The Kier molecular flexibility index (Phi) is 4.61. The summed E-state index contributed by atoms with van der Waals surface area (Å²) >= 11 is 0. The van der Waals surface area contributed by atoms with Crippen molar-refractivity contribution >= 4 is 10.0 Å². The van der Waals surface area contributed by atoms with Crippen molar-refractivity contribution < 1.29 is 13.5 Å². The maximum Gasteiger partial charge on any atom is 0.325 e. The number of unbranched alkanes of at least 4 members (excludes halogenated alkanes) is 1. The van der Waals surface area contributed by atoms with E-state index in [1.807, 2.05) is 4.98 Å². The van der Waals surface area contributed by atoms with Crippen molar-refractivity contribution in [3.8, 4) is 0 Å². The first kappa shape index (κ1) is 13.6. The van der Waals surface area contributed by atoms with Crippen LogP contribution in [-0.2, 0) is 10.0 Å². The normalized spacial score (nSPS) is 11.6. The minimum Gasteiger partial charge on any atom is -0.396 e. The molecule has 1 rings (SSSR count). The first-order valence-corrected chi connectivity index (χ1v) is 6.38. The summed E-state index contributed by atoms with van der Waals surface area (Å²) in [4.78, 5) is 25.3. The van der Waals surface area contributed by atoms with Gasteiger partial charge in [-0.25, -0.2) is 17.9 Å². The molecule has 0 atom stereocenters. The van der Waals surface area contributed by atoms with Crippen LogP contribution in [0.1, 0.15) is 12.8 Å². The Hall–Kier alpha value is -1.45. The minimum absolute atomic E-state index is 0.0268. The monoisotopic (exact) mass is 263 g/mol. The lowest BCUT2D eigenvalue weighted by atomic mass is 10.3. The Labute approximate surface area is 96.8 Å². The van der Waals surface area contributed by atoms with Gasteiger partial charge in [0.2, 0.25) is 10.0 Å². The number of hydrogen-bond acceptors (Lipinski definition) is 5. The fourth-order valence-corrected chi connectivity index (χ4v) is 2.20. The molecule has 0 amide bonds. The molecule has 0 aliphatic rings. The lowest BCUT2D eigenvalue weighted by molar-refractivity contribution is 0.285. The summed E-state index contributed by atoms with van der Waals surface area (Å²) in [5, 5.41) is 8.52. The molecule has 0 saturated carbocycles. The number of hydrogen-bond donors (Lipinski definition) is 4. The predicted octanol–water partition coefficient (Wildman–Crippen LogP) is -1.89. The number of aliphatic hydroxyl groups excluding tert-OH is 1. The van der Waals surface area contributed by atoms with Gasteiger partial charge in [-0.3, -0.25) is 9.78 Å². The quantitative estimate of drug-likeness (QED) is 0.446. The highest BCUT2D eigenvalue weighted by Crippen LogP contribution is 1.98. The number of sulfonamides is 1. The molecule has 0 aromatic carbocycles. The van der Waals surface area contributed by atoms with Crippen molar-refractivity contribution in [2.45, 2.75) is 17.7 Å². The predicted molar refractivity (Wildman–Crippen MR) is 59.2 cm³/mol. The van der Waals surface area contributed by atoms with Crippen LogP contribution >= 0.6 is 0 Å². The molecule has 8 nitrogen and oxygen atoms in total. The molecule has 1 aromatic heterocycles. The van der Waals surface area contributed by atoms with E-state index in [4.69, 9.17) is 5.11 Å². The van der Waals surface area contributed by atoms with Crippen LogP contribution in [0.2, 0.25) is 0 Å². The molecule has 4 N–H and O–H groups in total. The molecule has 0 saturated heterocycles. The van der Waals surface area contributed by atoms with Crippen molar-refractivity contribution in [1.82, 2.24) is 14.7 Å². The standard InChI is InChI=1S/C8H13N3O5S/c12-4-2-1-3-10-17(15,16)6-5-9-8(14)11-7(6)13/h5,10,12H,1-4H2,(H2,9,11,13,14). The summed E-state index contributed by atoms with van der Waals surface area (Å²) in [6.07, 6.45) is 1.76. The van der Waals surface area contributed by atoms with Gasteiger partial charge in [-0.1, -0.05) is 0 Å². The summed E-state index contributed by atoms with van der Waals surface area (Å²) in [6.45, 7) is 0.0857. The molecule has 9 heteroatoms. The maximum atomic E-state index is 11.6. The van der Waals surface area contributed by atoms with Gasteiger partial charge in [-0.2, -0.15) is 0 Å². The van der Waals surface area contributed by atoms with Gasteiger partial charge in [0.1, 0.15) is 0 Å². The van der Waals surface area contributed by atoms with Crippen LogP contribution in [0.15, 0.2) is 20.7 Å². The van der Waals surface area contributed by atoms with Crippen LogP contribution in [0, 0.1) is 0 Å². The van der Waals surface area contributed by atoms with Gasteiger partial charge in [0.15, 0.2) is 4.90 Å². The van der Waals surface area contributed by atoms with Crippen molar-refractivity contribution in [1.29, 1.82) is 0 Å². The van der Waals surface area contributed by atoms with E-state index in [1.165, 1.54) is 0 Å². The van der Waals surface area contributed by atoms with Gasteiger partial charge >= 0.3 is 5.69 Å². The van der Waals surface area contributed by atoms with E-state index in [2.05, 4.69) is 9.71 Å². The Bertz CT molecular complexity index is 573. The summed E-state index contributed by atoms with van der Waals surface area (Å²) < 4.78 is 25.4. The molecule has 17 heavy (non-hydrogen) atoms. The molecular formula is C8H13N3O5S. The van der Waals surface area contributed by atoms with Crippen LogP contribution in [0.25, 0.3) is 0 Å². The fourth-order valence-electron chi connectivity index (χ4n) is 1.12. The number of aromatic nitrogens is 2. The third-order valence-corrected chi connectivity index (χ3v) is 3.42. The first-order valence-electron chi connectivity index (χ1n) is 4.90. The molecule has 0 bridgehead atoms. The average Bonchev–Trinajstić information content (AvgIpc) is 2.24. The lowest BCUT2D eigenvalue weighted by Gasteiger charge is -2.04. The molecule has 0 aliphatic carbocycles. The number of nitrogens with one attached hydrogen (secondary N) is 3. The van der Waals surface area contributed by atoms with E-state index in [1.54, 1.807) is 0 Å². The van der Waals surface area contributed by atoms with E-state index in [0.29, 0.717) is 12.8 Å². The maximum absolute atomic E-state index is 11.6. The summed E-state index contributed by atoms with van der Waals surface area (Å²) in [6, 6.07) is 0. The van der Waals surface area contributed by atoms with Crippen LogP contribution in [0.4, 0.5) is 0 Å². The topological polar surface area (TPSA) is 132 Å². The second kappa shape index (κ2) is 5.75. The molecule has 0 spiro atoms. The molecule has 1 aromatic rings. The highest BCUT2D eigenvalue weighted by molar-refractivity contribution is 7.89. The first-order chi connectivity index (χ1) is 7.97. The zero-order valence-electron chi connectivity index (χ0n) is 8.89. The van der Waals surface area contributed by atoms with Crippen molar-refractivity contribution in [3.05, 3.63) is 27.0 Å². The van der Waals surface area contributed by atoms with E-state index in [9.17, 15) is 18.0 Å². The highest BCUT2D eigenvalue weighted by atomic mass is 32.2. The van der Waals surface area contributed by atoms with E-state index >= 15 is 0 Å². The Morgan fingerprint density at radius 1 is 1.29 bits per heavy atom. The molecule has 0 radical (unpaired) electrons. The number of aromatic amines is 2. The van der Waals surface area contributed by atoms with E-state index in [-0.39, 0.29) is 13.2 Å². The van der Waals surface area contributed by atoms with Crippen LogP contribution < -0.4 is 16.0 Å². The summed E-state index contributed by atoms with van der Waals surface area (Å²) in [5.74, 6) is 0. The molecule has 0 fully saturated rings. The van der Waals surface area contributed by atoms with E-state index < -0.39 is 26.2 Å². The van der Waals surface area contributed by atoms with Crippen LogP contribution in [-0.4, -0.2) is 36.6 Å². The summed E-state index contributed by atoms with van der Waals surface area (Å²) in [7, 11) is -3.93. The van der Waals surface area contributed by atoms with Crippen molar-refractivity contribution in [2.24, 2.45) is 0 Å². The van der Waals surface area contributed by atoms with Gasteiger partial charge in [-0.15, -0.1) is 0 Å². The van der Waals surface area contributed by atoms with E-state index in [0.717, 1.165) is 6.20 Å². The zero-order chi connectivity index (χ0) is 12.9. The third kappa shape index (κ3) is 3.80. The van der Waals surface area contributed by atoms with Gasteiger partial charge in [0.25, 0.3) is 5.56 Å². The van der Waals surface area contributed by atoms with Gasteiger partial charge in [-0.05, 0) is 12.8 Å². The fraction of sp³-hybridized carbons (Fsp3) is 0.500. The largest absolute Gasteiger partial charge is 0.396 e. The molecule has 96 valence electrons. The Balaban J connectivity index is 2.83. The zero-order valence-corrected chi connectivity index (χ0v) is 9.71. The number of rotatable bonds is 6. The van der Waals surface area contributed by atoms with Crippen molar-refractivity contribution in [3.63, 3.8) is 0 Å². The molecule has 1 heterocycles. The minimum atomic E-state index is -3.93. The Morgan fingerprint density at radius 2 is 2.00 bits per heavy atom. The second-order valence-electron chi connectivity index (χ2n) is 3.26. The van der Waals surface area contributed by atoms with Gasteiger partial charge < -0.3 is 10.1 Å². The third-order valence-electron chi connectivity index (χ3n) is 1.95. The van der Waals surface area contributed by atoms with Crippen LogP contribution in [0.3, 0.4) is 0 Å². The Morgan fingerprint density at radius 3 is 2.59 bits per heavy atom. The van der Waals surface area contributed by atoms with Gasteiger partial charge in [0, 0.05) is 19.3 Å².